The first-order valence-corrected chi connectivity index (χ1v) is 12.8. The molecule has 0 bridgehead atoms. The molecule has 0 aliphatic heterocycles. The van der Waals surface area contributed by atoms with Crippen molar-refractivity contribution < 1.29 is 23.9 Å². The Labute approximate surface area is 218 Å². The van der Waals surface area contributed by atoms with Crippen molar-refractivity contribution in [2.24, 2.45) is 11.5 Å². The van der Waals surface area contributed by atoms with Crippen LogP contribution in [-0.2, 0) is 23.9 Å². The maximum Gasteiger partial charge on any atom is 0.254 e. The number of likely N-dealkylation sites (N-methyl/N-ethyl adjacent to an activating group) is 2. The third-order valence-corrected chi connectivity index (χ3v) is 6.68. The second kappa shape index (κ2) is 14.5. The molecule has 0 atom stereocenters. The fourth-order valence-corrected chi connectivity index (χ4v) is 3.39. The quantitative estimate of drug-likeness (QED) is 0.214. The van der Waals surface area contributed by atoms with Crippen molar-refractivity contribution in [1.29, 1.82) is 0 Å². The van der Waals surface area contributed by atoms with E-state index in [1.54, 1.807) is 46.7 Å². The van der Waals surface area contributed by atoms with Gasteiger partial charge in [-0.25, -0.2) is 0 Å². The van der Waals surface area contributed by atoms with E-state index < -0.39 is 22.3 Å². The van der Waals surface area contributed by atoms with Crippen molar-refractivity contribution in [3.05, 3.63) is 0 Å². The largest absolute Gasteiger partial charge is 0.374 e. The van der Waals surface area contributed by atoms with E-state index >= 15 is 0 Å². The molecule has 0 rings (SSSR count). The van der Waals surface area contributed by atoms with Gasteiger partial charge in [-0.1, -0.05) is 0 Å². The summed E-state index contributed by atoms with van der Waals surface area (Å²) in [5.74, 6) is -0.494. The second-order valence-electron chi connectivity index (χ2n) is 11.6. The Morgan fingerprint density at radius 2 is 1.39 bits per heavy atom. The highest BCUT2D eigenvalue weighted by atomic mass is 16.5. The summed E-state index contributed by atoms with van der Waals surface area (Å²) in [7, 11) is 3.33. The van der Waals surface area contributed by atoms with E-state index in [1.807, 2.05) is 27.7 Å². The maximum atomic E-state index is 13.2. The Kier molecular flexibility index (Phi) is 13.9. The standard InChI is InChI=1S/C26H53N5O5/c1-23(2,35-17-14-28)12-16-36-26(7,8)22(34)30(9)18-21(33)25(5,6)31(10)19-20(32)24(3,4)29-15-11-13-27/h29H,11-19,27-28H2,1-10H3. The lowest BCUT2D eigenvalue weighted by molar-refractivity contribution is -0.157. The Bertz CT molecular complexity index is 722. The minimum absolute atomic E-state index is 0.0276. The lowest BCUT2D eigenvalue weighted by atomic mass is 9.93. The van der Waals surface area contributed by atoms with Crippen molar-refractivity contribution in [2.75, 3.05) is 60.0 Å². The second-order valence-corrected chi connectivity index (χ2v) is 11.6. The average molecular weight is 516 g/mol. The molecule has 0 aromatic heterocycles. The number of rotatable bonds is 19. The molecule has 5 N–H and O–H groups in total. The fraction of sp³-hybridized carbons (Fsp3) is 0.885. The Morgan fingerprint density at radius 1 is 0.806 bits per heavy atom. The molecule has 0 aliphatic rings. The van der Waals surface area contributed by atoms with E-state index in [0.29, 0.717) is 39.3 Å². The average Bonchev–Trinajstić information content (AvgIpc) is 2.76. The molecular formula is C26H53N5O5. The van der Waals surface area contributed by atoms with E-state index in [9.17, 15) is 14.4 Å². The zero-order valence-electron chi connectivity index (χ0n) is 24.5. The number of nitrogens with one attached hydrogen (secondary N) is 1. The number of carbonyl (C=O) groups excluding carboxylic acids is 3. The van der Waals surface area contributed by atoms with Gasteiger partial charge < -0.3 is 31.2 Å². The van der Waals surface area contributed by atoms with Crippen LogP contribution >= 0.6 is 0 Å². The number of nitrogens with zero attached hydrogens (tertiary/aromatic N) is 2. The third kappa shape index (κ3) is 11.3. The summed E-state index contributed by atoms with van der Waals surface area (Å²) in [4.78, 5) is 42.3. The van der Waals surface area contributed by atoms with Gasteiger partial charge in [0, 0.05) is 13.6 Å². The van der Waals surface area contributed by atoms with E-state index in [0.717, 1.165) is 6.42 Å². The smallest absolute Gasteiger partial charge is 0.254 e. The van der Waals surface area contributed by atoms with Gasteiger partial charge in [-0.3, -0.25) is 19.3 Å². The number of Topliss-reactive ketones (excluding diaryl/α,β-unsaturated/α-hetero) is 2. The molecular weight excluding hydrogens is 462 g/mol. The van der Waals surface area contributed by atoms with Crippen LogP contribution in [0.1, 0.15) is 68.2 Å². The van der Waals surface area contributed by atoms with Gasteiger partial charge >= 0.3 is 0 Å². The molecule has 0 saturated carbocycles. The lowest BCUT2D eigenvalue weighted by Gasteiger charge is -2.38. The van der Waals surface area contributed by atoms with Crippen LogP contribution in [0.3, 0.4) is 0 Å². The summed E-state index contributed by atoms with van der Waals surface area (Å²) in [6, 6.07) is 0. The Morgan fingerprint density at radius 3 is 1.92 bits per heavy atom. The van der Waals surface area contributed by atoms with Crippen LogP contribution < -0.4 is 16.8 Å². The zero-order valence-corrected chi connectivity index (χ0v) is 24.5. The Hall–Kier alpha value is -1.43. The van der Waals surface area contributed by atoms with Crippen molar-refractivity contribution >= 4 is 17.5 Å². The van der Waals surface area contributed by atoms with E-state index in [4.69, 9.17) is 20.9 Å². The minimum atomic E-state index is -1.11. The van der Waals surface area contributed by atoms with Crippen molar-refractivity contribution in [3.8, 4) is 0 Å². The number of hydrogen-bond donors (Lipinski definition) is 3. The van der Waals surface area contributed by atoms with Gasteiger partial charge in [-0.2, -0.15) is 0 Å². The number of carbonyl (C=O) groups is 3. The van der Waals surface area contributed by atoms with E-state index in [1.165, 1.54) is 4.90 Å². The molecule has 1 amide bonds. The fourth-order valence-electron chi connectivity index (χ4n) is 3.39. The van der Waals surface area contributed by atoms with Crippen LogP contribution in [0, 0.1) is 0 Å². The number of amides is 1. The van der Waals surface area contributed by atoms with Crippen molar-refractivity contribution in [2.45, 2.75) is 90.5 Å². The topological polar surface area (TPSA) is 140 Å². The monoisotopic (exact) mass is 515 g/mol. The molecule has 10 heteroatoms. The summed E-state index contributed by atoms with van der Waals surface area (Å²) in [5, 5.41) is 3.22. The molecule has 0 radical (unpaired) electrons. The molecule has 0 unspecified atom stereocenters. The number of ether oxygens (including phenoxy) is 2. The van der Waals surface area contributed by atoms with Crippen LogP contribution in [0.25, 0.3) is 0 Å². The number of nitrogens with two attached hydrogens (primary N) is 2. The van der Waals surface area contributed by atoms with Crippen LogP contribution in [-0.4, -0.2) is 110 Å². The molecule has 10 nitrogen and oxygen atoms in total. The highest BCUT2D eigenvalue weighted by molar-refractivity contribution is 5.95. The summed E-state index contributed by atoms with van der Waals surface area (Å²) in [6.45, 7) is 16.9. The van der Waals surface area contributed by atoms with Gasteiger partial charge in [0.2, 0.25) is 0 Å². The van der Waals surface area contributed by atoms with Crippen molar-refractivity contribution in [3.63, 3.8) is 0 Å². The highest BCUT2D eigenvalue weighted by Crippen LogP contribution is 2.20. The molecule has 0 aliphatic carbocycles. The molecule has 0 heterocycles. The number of hydrogen-bond acceptors (Lipinski definition) is 9. The van der Waals surface area contributed by atoms with E-state index in [-0.39, 0.29) is 30.6 Å². The summed E-state index contributed by atoms with van der Waals surface area (Å²) in [6.07, 6.45) is 1.37. The highest BCUT2D eigenvalue weighted by Gasteiger charge is 2.39. The predicted molar refractivity (Wildman–Crippen MR) is 144 cm³/mol. The van der Waals surface area contributed by atoms with Crippen LogP contribution in [0.2, 0.25) is 0 Å². The minimum Gasteiger partial charge on any atom is -0.374 e. The van der Waals surface area contributed by atoms with Gasteiger partial charge in [0.15, 0.2) is 11.6 Å². The zero-order chi connectivity index (χ0) is 28.4. The van der Waals surface area contributed by atoms with Crippen LogP contribution in [0.5, 0.6) is 0 Å². The van der Waals surface area contributed by atoms with Gasteiger partial charge in [0.1, 0.15) is 5.60 Å². The SMILES string of the molecule is CN(CC(=O)C(C)(C)N(C)CC(=O)C(C)(C)NCCCN)C(=O)C(C)(C)OCCC(C)(C)OCCN. The van der Waals surface area contributed by atoms with Gasteiger partial charge in [-0.15, -0.1) is 0 Å². The molecule has 0 aromatic rings. The first-order chi connectivity index (χ1) is 16.3. The molecule has 0 aromatic carbocycles. The molecule has 212 valence electrons. The first-order valence-electron chi connectivity index (χ1n) is 12.8. The van der Waals surface area contributed by atoms with Crippen LogP contribution in [0.15, 0.2) is 0 Å². The third-order valence-electron chi connectivity index (χ3n) is 6.68. The van der Waals surface area contributed by atoms with Gasteiger partial charge in [-0.05, 0) is 88.4 Å². The van der Waals surface area contributed by atoms with E-state index in [2.05, 4.69) is 5.32 Å². The lowest BCUT2D eigenvalue weighted by Crippen LogP contribution is -2.58. The molecule has 0 spiro atoms. The summed E-state index contributed by atoms with van der Waals surface area (Å²) >= 11 is 0. The molecule has 0 saturated heterocycles. The van der Waals surface area contributed by atoms with Gasteiger partial charge in [0.25, 0.3) is 5.91 Å². The molecule has 36 heavy (non-hydrogen) atoms. The summed E-state index contributed by atoms with van der Waals surface area (Å²) in [5.41, 5.74) is 7.82. The predicted octanol–water partition coefficient (Wildman–Crippen LogP) is 0.950. The Balaban J connectivity index is 5.00. The van der Waals surface area contributed by atoms with Crippen LogP contribution in [0.4, 0.5) is 0 Å². The normalized spacial score (nSPS) is 13.2. The first kappa shape index (κ1) is 34.6. The summed E-state index contributed by atoms with van der Waals surface area (Å²) < 4.78 is 11.6. The number of ketones is 2. The van der Waals surface area contributed by atoms with Crippen molar-refractivity contribution in [1.82, 2.24) is 15.1 Å². The van der Waals surface area contributed by atoms with Gasteiger partial charge in [0.05, 0.1) is 43.0 Å². The maximum absolute atomic E-state index is 13.2. The molecule has 0 fully saturated rings.